The summed E-state index contributed by atoms with van der Waals surface area (Å²) in [4.78, 5) is 22.4. The van der Waals surface area contributed by atoms with Crippen molar-refractivity contribution < 1.29 is 18.0 Å². The van der Waals surface area contributed by atoms with Gasteiger partial charge >= 0.3 is 0 Å². The number of amides is 1. The third kappa shape index (κ3) is 5.16. The van der Waals surface area contributed by atoms with Gasteiger partial charge in [-0.25, -0.2) is 8.42 Å². The molecule has 0 unspecified atom stereocenters. The fraction of sp³-hybridized carbons (Fsp3) is 0.125. The van der Waals surface area contributed by atoms with Crippen LogP contribution in [0, 0.1) is 3.57 Å². The topological polar surface area (TPSA) is 83.6 Å². The molecule has 2 aromatic rings. The number of carbonyl (C=O) groups is 2. The van der Waals surface area contributed by atoms with Gasteiger partial charge in [0.2, 0.25) is 11.1 Å². The maximum absolute atomic E-state index is 12.9. The van der Waals surface area contributed by atoms with E-state index in [1.807, 2.05) is 0 Å². The summed E-state index contributed by atoms with van der Waals surface area (Å²) in [7, 11) is -3.99. The Morgan fingerprint density at radius 1 is 1.08 bits per heavy atom. The zero-order valence-corrected chi connectivity index (χ0v) is 16.8. The number of nitrogens with zero attached hydrogens (tertiary/aromatic N) is 1. The molecule has 132 valence electrons. The molecule has 25 heavy (non-hydrogen) atoms. The van der Waals surface area contributed by atoms with Gasteiger partial charge in [-0.1, -0.05) is 0 Å². The Morgan fingerprint density at radius 2 is 1.64 bits per heavy atom. The van der Waals surface area contributed by atoms with E-state index in [2.05, 4.69) is 27.9 Å². The van der Waals surface area contributed by atoms with Crippen LogP contribution in [0.4, 0.5) is 11.4 Å². The van der Waals surface area contributed by atoms with Crippen LogP contribution < -0.4 is 9.62 Å². The van der Waals surface area contributed by atoms with Crippen LogP contribution in [-0.4, -0.2) is 26.1 Å². The molecule has 0 aliphatic carbocycles. The minimum absolute atomic E-state index is 0.0157. The highest BCUT2D eigenvalue weighted by molar-refractivity contribution is 14.1. The van der Waals surface area contributed by atoms with Crippen molar-refractivity contribution in [3.05, 3.63) is 52.1 Å². The van der Waals surface area contributed by atoms with Crippen molar-refractivity contribution in [2.75, 3.05) is 16.2 Å². The van der Waals surface area contributed by atoms with E-state index in [4.69, 9.17) is 11.6 Å². The maximum Gasteiger partial charge on any atom is 0.264 e. The number of rotatable bonds is 6. The van der Waals surface area contributed by atoms with E-state index in [1.54, 1.807) is 24.3 Å². The van der Waals surface area contributed by atoms with Crippen molar-refractivity contribution in [3.63, 3.8) is 0 Å². The second-order valence-electron chi connectivity index (χ2n) is 5.05. The lowest BCUT2D eigenvalue weighted by Crippen LogP contribution is -2.34. The molecule has 0 heterocycles. The summed E-state index contributed by atoms with van der Waals surface area (Å²) in [6, 6.07) is 12.3. The van der Waals surface area contributed by atoms with E-state index in [-0.39, 0.29) is 10.8 Å². The summed E-state index contributed by atoms with van der Waals surface area (Å²) in [5.41, 5.74) is 0.807. The van der Waals surface area contributed by atoms with Crippen LogP contribution >= 0.6 is 34.2 Å². The molecule has 0 bridgehead atoms. The highest BCUT2D eigenvalue weighted by Gasteiger charge is 2.26. The number of halogens is 2. The first-order valence-electron chi connectivity index (χ1n) is 7.04. The van der Waals surface area contributed by atoms with Crippen LogP contribution in [-0.2, 0) is 19.6 Å². The van der Waals surface area contributed by atoms with Crippen LogP contribution in [0.2, 0.25) is 0 Å². The number of anilines is 2. The molecule has 2 aromatic carbocycles. The highest BCUT2D eigenvalue weighted by atomic mass is 127. The van der Waals surface area contributed by atoms with Crippen molar-refractivity contribution in [2.24, 2.45) is 0 Å². The predicted molar refractivity (Wildman–Crippen MR) is 105 cm³/mol. The molecule has 0 spiro atoms. The number of nitrogens with one attached hydrogen (secondary N) is 1. The Labute approximate surface area is 164 Å². The smallest absolute Gasteiger partial charge is 0.264 e. The molecular weight excluding hydrogens is 479 g/mol. The molecule has 0 saturated carbocycles. The van der Waals surface area contributed by atoms with Gasteiger partial charge in [-0.15, -0.1) is 0 Å². The Hall–Kier alpha value is -1.65. The zero-order chi connectivity index (χ0) is 18.6. The maximum atomic E-state index is 12.9. The van der Waals surface area contributed by atoms with Gasteiger partial charge in [0.1, 0.15) is 6.54 Å². The van der Waals surface area contributed by atoms with Crippen molar-refractivity contribution in [2.45, 2.75) is 11.8 Å². The van der Waals surface area contributed by atoms with Crippen molar-refractivity contribution in [3.8, 4) is 0 Å². The molecule has 0 atom stereocenters. The summed E-state index contributed by atoms with van der Waals surface area (Å²) < 4.78 is 27.7. The van der Waals surface area contributed by atoms with Crippen LogP contribution in [0.15, 0.2) is 53.4 Å². The van der Waals surface area contributed by atoms with Gasteiger partial charge in [-0.3, -0.25) is 13.9 Å². The van der Waals surface area contributed by atoms with Gasteiger partial charge in [0.15, 0.2) is 0 Å². The summed E-state index contributed by atoms with van der Waals surface area (Å²) in [6.07, 6.45) is 0. The molecule has 0 fully saturated rings. The van der Waals surface area contributed by atoms with Gasteiger partial charge in [0.05, 0.1) is 10.6 Å². The summed E-state index contributed by atoms with van der Waals surface area (Å²) in [5.74, 6) is -0.260. The van der Waals surface area contributed by atoms with Gasteiger partial charge in [0.25, 0.3) is 10.0 Å². The highest BCUT2D eigenvalue weighted by Crippen LogP contribution is 2.25. The standard InChI is InChI=1S/C16H14ClIN2O4S/c1-11(21)19-13-4-8-15(9-5-13)25(23,24)20(10-16(17)22)14-6-2-12(18)3-7-14/h2-9H,10H2,1H3,(H,19,21). The average molecular weight is 493 g/mol. The molecule has 1 N–H and O–H groups in total. The largest absolute Gasteiger partial charge is 0.326 e. The quantitative estimate of drug-likeness (QED) is 0.496. The molecule has 2 rings (SSSR count). The van der Waals surface area contributed by atoms with Crippen LogP contribution in [0.1, 0.15) is 6.92 Å². The van der Waals surface area contributed by atoms with E-state index in [0.717, 1.165) is 7.88 Å². The fourth-order valence-electron chi connectivity index (χ4n) is 2.08. The molecule has 9 heteroatoms. The molecule has 0 aromatic heterocycles. The van der Waals surface area contributed by atoms with E-state index in [1.165, 1.54) is 31.2 Å². The Morgan fingerprint density at radius 3 is 2.12 bits per heavy atom. The molecule has 0 aliphatic heterocycles. The lowest BCUT2D eigenvalue weighted by molar-refractivity contribution is -0.114. The summed E-state index contributed by atoms with van der Waals surface area (Å²) in [6.45, 7) is 0.868. The van der Waals surface area contributed by atoms with Gasteiger partial charge in [-0.05, 0) is 82.7 Å². The summed E-state index contributed by atoms with van der Waals surface area (Å²) in [5, 5.41) is 1.76. The third-order valence-corrected chi connectivity index (χ3v) is 5.77. The Kier molecular flexibility index (Phi) is 6.42. The second-order valence-corrected chi connectivity index (χ2v) is 8.58. The van der Waals surface area contributed by atoms with E-state index >= 15 is 0 Å². The van der Waals surface area contributed by atoms with Crippen LogP contribution in [0.3, 0.4) is 0 Å². The lowest BCUT2D eigenvalue weighted by atomic mass is 10.3. The zero-order valence-electron chi connectivity index (χ0n) is 13.1. The molecule has 0 saturated heterocycles. The molecular formula is C16H14ClIN2O4S. The minimum atomic E-state index is -3.99. The molecule has 0 aliphatic rings. The number of hydrogen-bond donors (Lipinski definition) is 1. The normalized spacial score (nSPS) is 11.0. The number of benzene rings is 2. The fourth-order valence-corrected chi connectivity index (χ4v) is 4.05. The minimum Gasteiger partial charge on any atom is -0.326 e. The van der Waals surface area contributed by atoms with Crippen molar-refractivity contribution >= 4 is 66.7 Å². The molecule has 0 radical (unpaired) electrons. The first kappa shape index (κ1) is 19.7. The first-order chi connectivity index (χ1) is 11.7. The van der Waals surface area contributed by atoms with Gasteiger partial charge in [-0.2, -0.15) is 0 Å². The van der Waals surface area contributed by atoms with E-state index < -0.39 is 21.8 Å². The van der Waals surface area contributed by atoms with E-state index in [9.17, 15) is 18.0 Å². The summed E-state index contributed by atoms with van der Waals surface area (Å²) >= 11 is 7.53. The molecule has 6 nitrogen and oxygen atoms in total. The van der Waals surface area contributed by atoms with E-state index in [0.29, 0.717) is 11.4 Å². The SMILES string of the molecule is CC(=O)Nc1ccc(S(=O)(=O)N(CC(=O)Cl)c2ccc(I)cc2)cc1. The third-order valence-electron chi connectivity index (χ3n) is 3.15. The monoisotopic (exact) mass is 492 g/mol. The van der Waals surface area contributed by atoms with Crippen LogP contribution in [0.5, 0.6) is 0 Å². The van der Waals surface area contributed by atoms with Crippen LogP contribution in [0.25, 0.3) is 0 Å². The number of sulfonamides is 1. The Balaban J connectivity index is 2.42. The molecule has 1 amide bonds. The Bertz CT molecular complexity index is 883. The first-order valence-corrected chi connectivity index (χ1v) is 9.94. The van der Waals surface area contributed by atoms with Gasteiger partial charge in [0, 0.05) is 16.2 Å². The van der Waals surface area contributed by atoms with Crippen molar-refractivity contribution in [1.82, 2.24) is 0 Å². The predicted octanol–water partition coefficient (Wildman–Crippen LogP) is 3.21. The average Bonchev–Trinajstić information content (AvgIpc) is 2.53. The number of hydrogen-bond acceptors (Lipinski definition) is 4. The lowest BCUT2D eigenvalue weighted by Gasteiger charge is -2.23. The second kappa shape index (κ2) is 8.15. The number of carbonyl (C=O) groups excluding carboxylic acids is 2. The van der Waals surface area contributed by atoms with Crippen molar-refractivity contribution in [1.29, 1.82) is 0 Å². The van der Waals surface area contributed by atoms with Gasteiger partial charge < -0.3 is 5.32 Å².